The Balaban J connectivity index is 1.77. The number of halogens is 2. The Bertz CT molecular complexity index is 1050. The summed E-state index contributed by atoms with van der Waals surface area (Å²) in [6, 6.07) is 21.5. The molecule has 29 heavy (non-hydrogen) atoms. The number of hydrogen-bond donors (Lipinski definition) is 2. The molecule has 0 bridgehead atoms. The number of ether oxygens (including phenoxy) is 1. The second-order valence-electron chi connectivity index (χ2n) is 6.89. The van der Waals surface area contributed by atoms with Crippen LogP contribution in [0.3, 0.4) is 0 Å². The van der Waals surface area contributed by atoms with Crippen molar-refractivity contribution in [3.8, 4) is 11.5 Å². The fraction of sp³-hybridized carbons (Fsp3) is 0.174. The van der Waals surface area contributed by atoms with E-state index in [-0.39, 0.29) is 18.0 Å². The predicted octanol–water partition coefficient (Wildman–Crippen LogP) is 6.15. The van der Waals surface area contributed by atoms with Gasteiger partial charge in [-0.05, 0) is 53.6 Å². The minimum atomic E-state index is -0.221. The van der Waals surface area contributed by atoms with Crippen LogP contribution in [0.5, 0.6) is 11.5 Å². The zero-order valence-corrected chi connectivity index (χ0v) is 18.9. The number of nitrogens with zero attached hydrogens (tertiary/aromatic N) is 1. The minimum absolute atomic E-state index is 0.0835. The summed E-state index contributed by atoms with van der Waals surface area (Å²) >= 11 is 7.01. The summed E-state index contributed by atoms with van der Waals surface area (Å²) in [7, 11) is 1.66. The largest absolute Gasteiger partial charge is 0.508 e. The van der Waals surface area contributed by atoms with E-state index in [0.29, 0.717) is 6.42 Å². The summed E-state index contributed by atoms with van der Waals surface area (Å²) in [6.07, 6.45) is 0.436. The molecule has 2 atom stereocenters. The molecule has 6 heteroatoms. The lowest BCUT2D eigenvalue weighted by atomic mass is 9.93. The molecule has 1 aliphatic rings. The van der Waals surface area contributed by atoms with Gasteiger partial charge in [0, 0.05) is 32.7 Å². The molecule has 0 saturated carbocycles. The van der Waals surface area contributed by atoms with Crippen LogP contribution in [0.25, 0.3) is 0 Å². The molecule has 0 radical (unpaired) electrons. The van der Waals surface area contributed by atoms with Gasteiger partial charge in [0.2, 0.25) is 0 Å². The first-order chi connectivity index (χ1) is 14.0. The van der Waals surface area contributed by atoms with E-state index in [1.807, 2.05) is 48.5 Å². The van der Waals surface area contributed by atoms with Gasteiger partial charge in [0.25, 0.3) is 0 Å². The molecular formula is C23H20Br2N2O2. The summed E-state index contributed by atoms with van der Waals surface area (Å²) in [5.41, 5.74) is 3.90. The van der Waals surface area contributed by atoms with Gasteiger partial charge in [0.1, 0.15) is 17.7 Å². The maximum atomic E-state index is 10.5. The Hall–Kier alpha value is -2.15. The van der Waals surface area contributed by atoms with E-state index in [2.05, 4.69) is 49.3 Å². The molecule has 0 saturated heterocycles. The number of nitrogens with one attached hydrogen (secondary N) is 1. The quantitative estimate of drug-likeness (QED) is 0.438. The van der Waals surface area contributed by atoms with E-state index in [0.717, 1.165) is 37.1 Å². The fourth-order valence-corrected chi connectivity index (χ4v) is 4.15. The molecule has 4 rings (SSSR count). The third-order valence-corrected chi connectivity index (χ3v) is 6.02. The molecule has 148 valence electrons. The highest BCUT2D eigenvalue weighted by Crippen LogP contribution is 2.36. The first kappa shape index (κ1) is 20.1. The van der Waals surface area contributed by atoms with Crippen LogP contribution in [-0.4, -0.2) is 17.9 Å². The standard InChI is InChI=1S/C23H20Br2N2O2/c1-29-18-4-2-3-15(11-18)20-13-21(19-12-17(25)9-10-22(19)28)27-23(26-20)14-5-7-16(24)8-6-14/h2-12,21,23,27-28H,13H2,1H3/t21-,23-/m1/s1. The van der Waals surface area contributed by atoms with Crippen molar-refractivity contribution in [2.24, 2.45) is 4.99 Å². The highest BCUT2D eigenvalue weighted by Gasteiger charge is 2.28. The van der Waals surface area contributed by atoms with Crippen LogP contribution in [-0.2, 0) is 0 Å². The SMILES string of the molecule is COc1cccc(C2=N[C@@H](c3ccc(Br)cc3)N[C@@H](c3cc(Br)ccc3O)C2)c1. The van der Waals surface area contributed by atoms with Gasteiger partial charge >= 0.3 is 0 Å². The van der Waals surface area contributed by atoms with Crippen molar-refractivity contribution in [1.82, 2.24) is 5.32 Å². The van der Waals surface area contributed by atoms with Crippen LogP contribution in [0.2, 0.25) is 0 Å². The van der Waals surface area contributed by atoms with Crippen molar-refractivity contribution in [2.45, 2.75) is 18.6 Å². The third kappa shape index (κ3) is 4.55. The molecule has 0 unspecified atom stereocenters. The summed E-state index contributed by atoms with van der Waals surface area (Å²) in [5.74, 6) is 1.07. The number of rotatable bonds is 4. The first-order valence-electron chi connectivity index (χ1n) is 9.24. The number of benzene rings is 3. The zero-order chi connectivity index (χ0) is 20.4. The average Bonchev–Trinajstić information content (AvgIpc) is 2.75. The number of phenolic OH excluding ortho intramolecular Hbond substituents is 1. The van der Waals surface area contributed by atoms with Gasteiger partial charge in [0.05, 0.1) is 7.11 Å². The fourth-order valence-electron chi connectivity index (χ4n) is 3.50. The Kier molecular flexibility index (Phi) is 6.04. The maximum Gasteiger partial charge on any atom is 0.126 e. The molecule has 1 heterocycles. The average molecular weight is 516 g/mol. The molecule has 3 aromatic carbocycles. The number of aromatic hydroxyl groups is 1. The number of aliphatic imine (C=N–C) groups is 1. The first-order valence-corrected chi connectivity index (χ1v) is 10.8. The van der Waals surface area contributed by atoms with E-state index in [1.165, 1.54) is 0 Å². The molecule has 1 aliphatic heterocycles. The molecule has 0 aromatic heterocycles. The lowest BCUT2D eigenvalue weighted by molar-refractivity contribution is 0.410. The van der Waals surface area contributed by atoms with Crippen LogP contribution < -0.4 is 10.1 Å². The predicted molar refractivity (Wildman–Crippen MR) is 123 cm³/mol. The second-order valence-corrected chi connectivity index (χ2v) is 8.72. The molecule has 0 spiro atoms. The van der Waals surface area contributed by atoms with Gasteiger partial charge in [0.15, 0.2) is 0 Å². The number of hydrogen-bond acceptors (Lipinski definition) is 4. The summed E-state index contributed by atoms with van der Waals surface area (Å²) in [5, 5.41) is 14.1. The summed E-state index contributed by atoms with van der Waals surface area (Å²) < 4.78 is 7.35. The van der Waals surface area contributed by atoms with E-state index >= 15 is 0 Å². The molecular weight excluding hydrogens is 496 g/mol. The van der Waals surface area contributed by atoms with Gasteiger partial charge < -0.3 is 9.84 Å². The van der Waals surface area contributed by atoms with E-state index in [9.17, 15) is 5.11 Å². The smallest absolute Gasteiger partial charge is 0.126 e. The topological polar surface area (TPSA) is 53.8 Å². The van der Waals surface area contributed by atoms with E-state index < -0.39 is 0 Å². The Morgan fingerprint density at radius 3 is 2.52 bits per heavy atom. The van der Waals surface area contributed by atoms with Crippen molar-refractivity contribution in [1.29, 1.82) is 0 Å². The lowest BCUT2D eigenvalue weighted by Crippen LogP contribution is -2.33. The van der Waals surface area contributed by atoms with Crippen LogP contribution in [0, 0.1) is 0 Å². The van der Waals surface area contributed by atoms with Crippen molar-refractivity contribution in [3.05, 3.63) is 92.4 Å². The van der Waals surface area contributed by atoms with Crippen LogP contribution in [0.15, 0.2) is 80.7 Å². The second kappa shape index (κ2) is 8.69. The van der Waals surface area contributed by atoms with Crippen LogP contribution >= 0.6 is 31.9 Å². The third-order valence-electron chi connectivity index (χ3n) is 5.00. The molecule has 4 nitrogen and oxygen atoms in total. The molecule has 3 aromatic rings. The van der Waals surface area contributed by atoms with Crippen molar-refractivity contribution < 1.29 is 9.84 Å². The van der Waals surface area contributed by atoms with Gasteiger partial charge in [-0.15, -0.1) is 0 Å². The van der Waals surface area contributed by atoms with E-state index in [4.69, 9.17) is 9.73 Å². The molecule has 0 aliphatic carbocycles. The highest BCUT2D eigenvalue weighted by atomic mass is 79.9. The van der Waals surface area contributed by atoms with Gasteiger partial charge in [-0.2, -0.15) is 0 Å². The van der Waals surface area contributed by atoms with Gasteiger partial charge in [-0.1, -0.05) is 56.1 Å². The summed E-state index contributed by atoms with van der Waals surface area (Å²) in [4.78, 5) is 5.00. The van der Waals surface area contributed by atoms with Crippen LogP contribution in [0.4, 0.5) is 0 Å². The zero-order valence-electron chi connectivity index (χ0n) is 15.8. The van der Waals surface area contributed by atoms with Crippen molar-refractivity contribution in [2.75, 3.05) is 7.11 Å². The van der Waals surface area contributed by atoms with Gasteiger partial charge in [-0.25, -0.2) is 0 Å². The highest BCUT2D eigenvalue weighted by molar-refractivity contribution is 9.10. The normalized spacial score (nSPS) is 18.9. The van der Waals surface area contributed by atoms with Gasteiger partial charge in [-0.3, -0.25) is 10.3 Å². The molecule has 0 fully saturated rings. The minimum Gasteiger partial charge on any atom is -0.508 e. The number of phenols is 1. The van der Waals surface area contributed by atoms with Crippen molar-refractivity contribution in [3.63, 3.8) is 0 Å². The molecule has 2 N–H and O–H groups in total. The lowest BCUT2D eigenvalue weighted by Gasteiger charge is -2.31. The molecule has 0 amide bonds. The maximum absolute atomic E-state index is 10.5. The summed E-state index contributed by atoms with van der Waals surface area (Å²) in [6.45, 7) is 0. The number of methoxy groups -OCH3 is 1. The Morgan fingerprint density at radius 1 is 1.00 bits per heavy atom. The van der Waals surface area contributed by atoms with E-state index in [1.54, 1.807) is 13.2 Å². The van der Waals surface area contributed by atoms with Crippen LogP contribution in [0.1, 0.15) is 35.3 Å². The van der Waals surface area contributed by atoms with Crippen molar-refractivity contribution >= 4 is 37.6 Å². The Labute approximate surface area is 186 Å². The Morgan fingerprint density at radius 2 is 1.76 bits per heavy atom. The monoisotopic (exact) mass is 514 g/mol.